The topological polar surface area (TPSA) is 65.1 Å². The maximum absolute atomic E-state index is 10.9. The molecule has 1 heterocycles. The summed E-state index contributed by atoms with van der Waals surface area (Å²) in [5.41, 5.74) is 1.31. The van der Waals surface area contributed by atoms with Gasteiger partial charge in [-0.15, -0.1) is 0 Å². The van der Waals surface area contributed by atoms with E-state index in [-0.39, 0.29) is 11.3 Å². The Bertz CT molecular complexity index is 404. The Balaban J connectivity index is 1.79. The molecule has 0 aliphatic heterocycles. The van der Waals surface area contributed by atoms with Gasteiger partial charge in [-0.05, 0) is 37.8 Å². The number of aromatic nitrogens is 1. The van der Waals surface area contributed by atoms with Crippen LogP contribution in [0.3, 0.4) is 0 Å². The van der Waals surface area contributed by atoms with Crippen LogP contribution >= 0.6 is 0 Å². The third-order valence-electron chi connectivity index (χ3n) is 4.24. The zero-order valence-electron chi connectivity index (χ0n) is 11.8. The van der Waals surface area contributed by atoms with Crippen molar-refractivity contribution in [2.24, 2.45) is 5.92 Å². The number of aromatic amines is 1. The molecule has 0 radical (unpaired) electrons. The van der Waals surface area contributed by atoms with Gasteiger partial charge in [0.2, 0.25) is 0 Å². The molecule has 4 heteroatoms. The molecule has 1 saturated carbocycles. The van der Waals surface area contributed by atoms with E-state index >= 15 is 0 Å². The summed E-state index contributed by atoms with van der Waals surface area (Å²) in [4.78, 5) is 14.2. The normalized spacial score (nSPS) is 24.3. The van der Waals surface area contributed by atoms with Gasteiger partial charge < -0.3 is 15.4 Å². The first-order valence-corrected chi connectivity index (χ1v) is 7.09. The lowest BCUT2D eigenvalue weighted by Crippen LogP contribution is -2.41. The number of carbonyl (C=O) groups is 1. The highest BCUT2D eigenvalue weighted by molar-refractivity contribution is 5.70. The van der Waals surface area contributed by atoms with Crippen LogP contribution in [0, 0.1) is 5.92 Å². The van der Waals surface area contributed by atoms with E-state index in [1.807, 2.05) is 12.3 Å². The Hall–Kier alpha value is -1.29. The van der Waals surface area contributed by atoms with Crippen molar-refractivity contribution in [3.63, 3.8) is 0 Å². The molecule has 0 atom stereocenters. The minimum atomic E-state index is -0.634. The van der Waals surface area contributed by atoms with Gasteiger partial charge in [-0.3, -0.25) is 4.79 Å². The SMILES string of the molecule is CC(C)(CNC1CCC(C(=O)O)CC1)c1ccc[nH]1. The maximum atomic E-state index is 10.9. The molecule has 3 N–H and O–H groups in total. The van der Waals surface area contributed by atoms with E-state index in [1.54, 1.807) is 0 Å². The molecule has 1 aliphatic rings. The summed E-state index contributed by atoms with van der Waals surface area (Å²) < 4.78 is 0. The van der Waals surface area contributed by atoms with Gasteiger partial charge in [0.15, 0.2) is 0 Å². The number of hydrogen-bond donors (Lipinski definition) is 3. The van der Waals surface area contributed by atoms with E-state index < -0.39 is 5.97 Å². The summed E-state index contributed by atoms with van der Waals surface area (Å²) in [7, 11) is 0. The fourth-order valence-corrected chi connectivity index (χ4v) is 2.79. The van der Waals surface area contributed by atoms with Crippen molar-refractivity contribution >= 4 is 5.97 Å². The van der Waals surface area contributed by atoms with Gasteiger partial charge in [-0.1, -0.05) is 13.8 Å². The van der Waals surface area contributed by atoms with E-state index in [0.717, 1.165) is 32.2 Å². The fraction of sp³-hybridized carbons (Fsp3) is 0.667. The van der Waals surface area contributed by atoms with Gasteiger partial charge in [-0.25, -0.2) is 0 Å². The number of H-pyrrole nitrogens is 1. The number of nitrogens with one attached hydrogen (secondary N) is 2. The predicted octanol–water partition coefficient (Wildman–Crippen LogP) is 2.53. The highest BCUT2D eigenvalue weighted by Gasteiger charge is 2.28. The molecular formula is C15H24N2O2. The molecule has 0 aromatic carbocycles. The quantitative estimate of drug-likeness (QED) is 0.765. The first-order chi connectivity index (χ1) is 8.99. The van der Waals surface area contributed by atoms with Gasteiger partial charge in [0.05, 0.1) is 5.92 Å². The molecule has 0 saturated heterocycles. The lowest BCUT2D eigenvalue weighted by molar-refractivity contribution is -0.142. The molecule has 0 spiro atoms. The Morgan fingerprint density at radius 2 is 2.11 bits per heavy atom. The number of carboxylic acid groups (broad SMARTS) is 1. The molecule has 1 fully saturated rings. The van der Waals surface area contributed by atoms with E-state index in [0.29, 0.717) is 6.04 Å². The van der Waals surface area contributed by atoms with E-state index in [9.17, 15) is 4.79 Å². The van der Waals surface area contributed by atoms with Gasteiger partial charge >= 0.3 is 5.97 Å². The zero-order valence-corrected chi connectivity index (χ0v) is 11.8. The molecule has 1 aliphatic carbocycles. The van der Waals surface area contributed by atoms with Crippen LogP contribution in [-0.2, 0) is 10.2 Å². The lowest BCUT2D eigenvalue weighted by Gasteiger charge is -2.31. The molecule has 0 unspecified atom stereocenters. The molecule has 1 aromatic heterocycles. The van der Waals surface area contributed by atoms with Crippen LogP contribution in [0.15, 0.2) is 18.3 Å². The van der Waals surface area contributed by atoms with Crippen LogP contribution in [-0.4, -0.2) is 28.6 Å². The average molecular weight is 264 g/mol. The minimum absolute atomic E-state index is 0.0765. The Morgan fingerprint density at radius 1 is 1.42 bits per heavy atom. The van der Waals surface area contributed by atoms with E-state index in [4.69, 9.17) is 5.11 Å². The average Bonchev–Trinajstić information content (AvgIpc) is 2.91. The molecule has 0 amide bonds. The summed E-state index contributed by atoms with van der Waals surface area (Å²) in [6.07, 6.45) is 5.50. The molecule has 2 rings (SSSR count). The third kappa shape index (κ3) is 3.60. The zero-order chi connectivity index (χ0) is 13.9. The number of hydrogen-bond acceptors (Lipinski definition) is 2. The third-order valence-corrected chi connectivity index (χ3v) is 4.24. The van der Waals surface area contributed by atoms with Gasteiger partial charge in [0.1, 0.15) is 0 Å². The van der Waals surface area contributed by atoms with Gasteiger partial charge in [-0.2, -0.15) is 0 Å². The van der Waals surface area contributed by atoms with Crippen molar-refractivity contribution in [2.75, 3.05) is 6.54 Å². The molecule has 106 valence electrons. The largest absolute Gasteiger partial charge is 0.481 e. The minimum Gasteiger partial charge on any atom is -0.481 e. The van der Waals surface area contributed by atoms with Crippen LogP contribution in [0.1, 0.15) is 45.2 Å². The number of rotatable bonds is 5. The summed E-state index contributed by atoms with van der Waals surface area (Å²) in [6.45, 7) is 5.35. The molecule has 0 bridgehead atoms. The first-order valence-electron chi connectivity index (χ1n) is 7.09. The molecular weight excluding hydrogens is 240 g/mol. The summed E-state index contributed by atoms with van der Waals surface area (Å²) in [5, 5.41) is 12.6. The van der Waals surface area contributed by atoms with Crippen molar-refractivity contribution in [2.45, 2.75) is 51.0 Å². The van der Waals surface area contributed by atoms with Crippen molar-refractivity contribution in [1.29, 1.82) is 0 Å². The maximum Gasteiger partial charge on any atom is 0.306 e. The van der Waals surface area contributed by atoms with Crippen LogP contribution in [0.2, 0.25) is 0 Å². The predicted molar refractivity (Wildman–Crippen MR) is 75.2 cm³/mol. The highest BCUT2D eigenvalue weighted by atomic mass is 16.4. The van der Waals surface area contributed by atoms with Gasteiger partial charge in [0.25, 0.3) is 0 Å². The van der Waals surface area contributed by atoms with Crippen LogP contribution < -0.4 is 5.32 Å². The second kappa shape index (κ2) is 5.78. The second-order valence-electron chi connectivity index (χ2n) is 6.24. The second-order valence-corrected chi connectivity index (χ2v) is 6.24. The fourth-order valence-electron chi connectivity index (χ4n) is 2.79. The summed E-state index contributed by atoms with van der Waals surface area (Å²) in [6, 6.07) is 4.60. The van der Waals surface area contributed by atoms with E-state index in [1.165, 1.54) is 5.69 Å². The smallest absolute Gasteiger partial charge is 0.306 e. The Labute approximate surface area is 114 Å². The Kier molecular flexibility index (Phi) is 4.30. The van der Waals surface area contributed by atoms with Crippen LogP contribution in [0.4, 0.5) is 0 Å². The van der Waals surface area contributed by atoms with Crippen molar-refractivity contribution < 1.29 is 9.90 Å². The number of aliphatic carboxylic acids is 1. The monoisotopic (exact) mass is 264 g/mol. The standard InChI is InChI=1S/C15H24N2O2/c1-15(2,13-4-3-9-16-13)10-17-12-7-5-11(6-8-12)14(18)19/h3-4,9,11-12,16-17H,5-8,10H2,1-2H3,(H,18,19). The summed E-state index contributed by atoms with van der Waals surface area (Å²) >= 11 is 0. The molecule has 1 aromatic rings. The number of carboxylic acids is 1. The van der Waals surface area contributed by atoms with Crippen molar-refractivity contribution in [3.05, 3.63) is 24.0 Å². The van der Waals surface area contributed by atoms with Crippen LogP contribution in [0.25, 0.3) is 0 Å². The molecule has 19 heavy (non-hydrogen) atoms. The highest BCUT2D eigenvalue weighted by Crippen LogP contribution is 2.26. The van der Waals surface area contributed by atoms with Crippen molar-refractivity contribution in [3.8, 4) is 0 Å². The van der Waals surface area contributed by atoms with Gasteiger partial charge in [0, 0.05) is 29.9 Å². The Morgan fingerprint density at radius 3 is 2.63 bits per heavy atom. The lowest BCUT2D eigenvalue weighted by atomic mass is 9.84. The van der Waals surface area contributed by atoms with E-state index in [2.05, 4.69) is 30.2 Å². The molecule has 4 nitrogen and oxygen atoms in total. The summed E-state index contributed by atoms with van der Waals surface area (Å²) in [5.74, 6) is -0.764. The first kappa shape index (κ1) is 14.1. The van der Waals surface area contributed by atoms with Crippen LogP contribution in [0.5, 0.6) is 0 Å². The van der Waals surface area contributed by atoms with Crippen molar-refractivity contribution in [1.82, 2.24) is 10.3 Å².